The van der Waals surface area contributed by atoms with E-state index in [1.54, 1.807) is 4.90 Å². The zero-order valence-corrected chi connectivity index (χ0v) is 8.45. The maximum atomic E-state index is 11.5. The van der Waals surface area contributed by atoms with Crippen molar-refractivity contribution in [2.75, 3.05) is 13.1 Å². The normalized spacial score (nSPS) is 19.7. The zero-order chi connectivity index (χ0) is 9.68. The van der Waals surface area contributed by atoms with Gasteiger partial charge in [-0.1, -0.05) is 6.92 Å². The summed E-state index contributed by atoms with van der Waals surface area (Å²) >= 11 is 0. The molecule has 1 saturated heterocycles. The third-order valence-electron chi connectivity index (χ3n) is 2.34. The van der Waals surface area contributed by atoms with Crippen molar-refractivity contribution in [1.82, 2.24) is 4.90 Å². The van der Waals surface area contributed by atoms with Crippen molar-refractivity contribution >= 4 is 6.09 Å². The van der Waals surface area contributed by atoms with Crippen molar-refractivity contribution in [2.24, 2.45) is 0 Å². The molecule has 0 bridgehead atoms. The molecule has 0 N–H and O–H groups in total. The minimum atomic E-state index is -0.151. The number of piperidine rings is 1. The highest BCUT2D eigenvalue weighted by Crippen LogP contribution is 2.10. The monoisotopic (exact) mass is 184 g/mol. The van der Waals surface area contributed by atoms with E-state index in [0.717, 1.165) is 32.4 Å². The molecule has 0 aromatic rings. The lowest BCUT2D eigenvalue weighted by Gasteiger charge is -2.27. The molecular weight excluding hydrogens is 166 g/mol. The molecular formula is C10H18NO2. The molecule has 0 aliphatic carbocycles. The molecule has 0 aromatic carbocycles. The fourth-order valence-corrected chi connectivity index (χ4v) is 1.26. The minimum absolute atomic E-state index is 0.0402. The molecule has 1 fully saturated rings. The van der Waals surface area contributed by atoms with Crippen molar-refractivity contribution in [1.29, 1.82) is 0 Å². The maximum Gasteiger partial charge on any atom is 0.410 e. The summed E-state index contributed by atoms with van der Waals surface area (Å²) in [5.41, 5.74) is 0. The van der Waals surface area contributed by atoms with Crippen LogP contribution in [0.1, 0.15) is 33.1 Å². The van der Waals surface area contributed by atoms with Crippen molar-refractivity contribution in [3.63, 3.8) is 0 Å². The van der Waals surface area contributed by atoms with E-state index < -0.39 is 0 Å². The van der Waals surface area contributed by atoms with Crippen LogP contribution in [0.3, 0.4) is 0 Å². The lowest BCUT2D eigenvalue weighted by molar-refractivity contribution is 0.0661. The fourth-order valence-electron chi connectivity index (χ4n) is 1.26. The van der Waals surface area contributed by atoms with Crippen LogP contribution in [0.25, 0.3) is 0 Å². The van der Waals surface area contributed by atoms with Gasteiger partial charge >= 0.3 is 6.09 Å². The van der Waals surface area contributed by atoms with Crippen molar-refractivity contribution in [2.45, 2.75) is 39.2 Å². The number of nitrogens with zero attached hydrogens (tertiary/aromatic N) is 1. The number of likely N-dealkylation sites (tertiary alicyclic amines) is 1. The van der Waals surface area contributed by atoms with Crippen molar-refractivity contribution < 1.29 is 9.53 Å². The number of carbonyl (C=O) groups is 1. The molecule has 1 atom stereocenters. The number of carbonyl (C=O) groups excluding carboxylic acids is 1. The number of rotatable bonds is 2. The van der Waals surface area contributed by atoms with Gasteiger partial charge in [-0.25, -0.2) is 4.79 Å². The predicted molar refractivity (Wildman–Crippen MR) is 51.3 cm³/mol. The number of amides is 1. The molecule has 1 unspecified atom stereocenters. The number of hydrogen-bond acceptors (Lipinski definition) is 2. The Morgan fingerprint density at radius 1 is 1.54 bits per heavy atom. The molecule has 1 heterocycles. The van der Waals surface area contributed by atoms with Crippen LogP contribution < -0.4 is 0 Å². The highest BCUT2D eigenvalue weighted by atomic mass is 16.6. The van der Waals surface area contributed by atoms with Crippen molar-refractivity contribution in [3.8, 4) is 0 Å². The third-order valence-corrected chi connectivity index (χ3v) is 2.34. The molecule has 75 valence electrons. The first-order valence-corrected chi connectivity index (χ1v) is 5.01. The summed E-state index contributed by atoms with van der Waals surface area (Å²) in [6, 6.07) is 0. The van der Waals surface area contributed by atoms with Gasteiger partial charge in [-0.3, -0.25) is 0 Å². The van der Waals surface area contributed by atoms with E-state index in [1.165, 1.54) is 0 Å². The molecule has 1 amide bonds. The van der Waals surface area contributed by atoms with Gasteiger partial charge in [0, 0.05) is 13.1 Å². The second-order valence-corrected chi connectivity index (χ2v) is 3.46. The van der Waals surface area contributed by atoms with Crippen LogP contribution in [0.15, 0.2) is 0 Å². The molecule has 0 saturated carbocycles. The Labute approximate surface area is 80.1 Å². The van der Waals surface area contributed by atoms with Crippen LogP contribution in [-0.4, -0.2) is 30.2 Å². The molecule has 0 aromatic heterocycles. The predicted octanol–water partition coefficient (Wildman–Crippen LogP) is 2.22. The molecule has 1 aliphatic rings. The van der Waals surface area contributed by atoms with Gasteiger partial charge in [-0.2, -0.15) is 0 Å². The Morgan fingerprint density at radius 2 is 2.15 bits per heavy atom. The highest BCUT2D eigenvalue weighted by Gasteiger charge is 2.18. The first-order valence-electron chi connectivity index (χ1n) is 5.01. The Kier molecular flexibility index (Phi) is 4.06. The Hall–Kier alpha value is -0.730. The van der Waals surface area contributed by atoms with Gasteiger partial charge in [-0.15, -0.1) is 0 Å². The minimum Gasteiger partial charge on any atom is -0.446 e. The van der Waals surface area contributed by atoms with Crippen LogP contribution in [0.4, 0.5) is 4.79 Å². The average molecular weight is 184 g/mol. The summed E-state index contributed by atoms with van der Waals surface area (Å²) in [7, 11) is 0. The summed E-state index contributed by atoms with van der Waals surface area (Å²) < 4.78 is 5.21. The van der Waals surface area contributed by atoms with E-state index in [-0.39, 0.29) is 12.2 Å². The molecule has 1 rings (SSSR count). The number of hydrogen-bond donors (Lipinski definition) is 0. The summed E-state index contributed by atoms with van der Waals surface area (Å²) in [6.07, 6.45) is 4.98. The quantitative estimate of drug-likeness (QED) is 0.658. The van der Waals surface area contributed by atoms with E-state index in [9.17, 15) is 4.79 Å². The van der Waals surface area contributed by atoms with Crippen LogP contribution >= 0.6 is 0 Å². The molecule has 1 aliphatic heterocycles. The topological polar surface area (TPSA) is 29.5 Å². The van der Waals surface area contributed by atoms with Gasteiger partial charge in [0.05, 0.1) is 0 Å². The van der Waals surface area contributed by atoms with Crippen LogP contribution in [-0.2, 0) is 4.74 Å². The molecule has 13 heavy (non-hydrogen) atoms. The SMILES string of the molecule is CCC(C)OC(=O)N1CC[CH]CC1. The van der Waals surface area contributed by atoms with Crippen LogP contribution in [0, 0.1) is 6.42 Å². The first-order chi connectivity index (χ1) is 6.24. The van der Waals surface area contributed by atoms with Gasteiger partial charge in [0.2, 0.25) is 0 Å². The molecule has 1 radical (unpaired) electrons. The van der Waals surface area contributed by atoms with E-state index in [4.69, 9.17) is 4.74 Å². The number of ether oxygens (including phenoxy) is 1. The molecule has 3 nitrogen and oxygen atoms in total. The summed E-state index contributed by atoms with van der Waals surface area (Å²) in [6.45, 7) is 5.57. The smallest absolute Gasteiger partial charge is 0.410 e. The van der Waals surface area contributed by atoms with Gasteiger partial charge in [0.25, 0.3) is 0 Å². The third kappa shape index (κ3) is 3.25. The highest BCUT2D eigenvalue weighted by molar-refractivity contribution is 5.67. The van der Waals surface area contributed by atoms with Gasteiger partial charge in [0.15, 0.2) is 0 Å². The standard InChI is InChI=1S/C10H18NO2/c1-3-9(2)13-10(12)11-7-5-4-6-8-11/h4,9H,3,5-8H2,1-2H3. The fraction of sp³-hybridized carbons (Fsp3) is 0.800. The second-order valence-electron chi connectivity index (χ2n) is 3.46. The summed E-state index contributed by atoms with van der Waals surface area (Å²) in [4.78, 5) is 13.2. The van der Waals surface area contributed by atoms with Crippen LogP contribution in [0.5, 0.6) is 0 Å². The molecule has 0 spiro atoms. The van der Waals surface area contributed by atoms with E-state index in [0.29, 0.717) is 0 Å². The largest absolute Gasteiger partial charge is 0.446 e. The Balaban J connectivity index is 2.29. The lowest BCUT2D eigenvalue weighted by atomic mass is 10.1. The second kappa shape index (κ2) is 5.10. The average Bonchev–Trinajstić information content (AvgIpc) is 2.19. The van der Waals surface area contributed by atoms with E-state index >= 15 is 0 Å². The van der Waals surface area contributed by atoms with Crippen molar-refractivity contribution in [3.05, 3.63) is 6.42 Å². The zero-order valence-electron chi connectivity index (χ0n) is 8.45. The molecule has 3 heteroatoms. The van der Waals surface area contributed by atoms with Crippen LogP contribution in [0.2, 0.25) is 0 Å². The first kappa shape index (κ1) is 10.4. The Bertz CT molecular complexity index is 164. The van der Waals surface area contributed by atoms with Gasteiger partial charge in [0.1, 0.15) is 6.10 Å². The summed E-state index contributed by atoms with van der Waals surface area (Å²) in [5, 5.41) is 0. The maximum absolute atomic E-state index is 11.5. The van der Waals surface area contributed by atoms with E-state index in [2.05, 4.69) is 6.42 Å². The Morgan fingerprint density at radius 3 is 2.69 bits per heavy atom. The van der Waals surface area contributed by atoms with E-state index in [1.807, 2.05) is 13.8 Å². The van der Waals surface area contributed by atoms with Gasteiger partial charge < -0.3 is 9.64 Å². The lowest BCUT2D eigenvalue weighted by Crippen LogP contribution is -2.37. The van der Waals surface area contributed by atoms with Gasteiger partial charge in [-0.05, 0) is 32.6 Å². The summed E-state index contributed by atoms with van der Waals surface area (Å²) in [5.74, 6) is 0.